The Kier molecular flexibility index (Phi) is 10.7. The summed E-state index contributed by atoms with van der Waals surface area (Å²) >= 11 is 11.9. The van der Waals surface area contributed by atoms with Crippen LogP contribution in [0.3, 0.4) is 0 Å². The molecule has 2 amide bonds. The van der Waals surface area contributed by atoms with Crippen LogP contribution in [-0.4, -0.2) is 78.6 Å². The molecule has 0 unspecified atom stereocenters. The Bertz CT molecular complexity index is 1430. The summed E-state index contributed by atoms with van der Waals surface area (Å²) in [5.74, 6) is 0.00226. The van der Waals surface area contributed by atoms with E-state index in [0.717, 1.165) is 57.0 Å². The Morgan fingerprint density at radius 1 is 0.955 bits per heavy atom. The quantitative estimate of drug-likeness (QED) is 0.251. The number of hydrogen-bond donors (Lipinski definition) is 1. The molecule has 11 heteroatoms. The summed E-state index contributed by atoms with van der Waals surface area (Å²) in [5, 5.41) is 3.86. The highest BCUT2D eigenvalue weighted by atomic mass is 35.5. The molecule has 2 heterocycles. The fourth-order valence-corrected chi connectivity index (χ4v) is 6.04. The van der Waals surface area contributed by atoms with E-state index in [1.165, 1.54) is 17.0 Å². The Labute approximate surface area is 268 Å². The predicted molar refractivity (Wildman–Crippen MR) is 177 cm³/mol. The standard InChI is InChI=1S/C33H37ClFN5O3S/c1-2-22-43-29-14-8-26(9-15-29)36-31(41)23-30-32(42)40(28-10-4-24(34)5-11-28)33(44)39(30)17-3-16-37-18-20-38(21-19-37)27-12-6-25(35)7-13-27/h4-15,30H,2-3,16-23H2,1H3,(H,36,41)/t30-/m1/s1. The summed E-state index contributed by atoms with van der Waals surface area (Å²) in [5.41, 5.74) is 2.28. The van der Waals surface area contributed by atoms with Crippen molar-refractivity contribution in [1.29, 1.82) is 0 Å². The van der Waals surface area contributed by atoms with Crippen molar-refractivity contribution in [2.24, 2.45) is 0 Å². The molecule has 8 nitrogen and oxygen atoms in total. The van der Waals surface area contributed by atoms with Crippen LogP contribution >= 0.6 is 23.8 Å². The van der Waals surface area contributed by atoms with Gasteiger partial charge in [0.1, 0.15) is 17.6 Å². The van der Waals surface area contributed by atoms with Crippen molar-refractivity contribution in [3.8, 4) is 5.75 Å². The highest BCUT2D eigenvalue weighted by molar-refractivity contribution is 7.80. The maximum Gasteiger partial charge on any atom is 0.256 e. The van der Waals surface area contributed by atoms with Gasteiger partial charge in [0.25, 0.3) is 5.91 Å². The minimum Gasteiger partial charge on any atom is -0.494 e. The van der Waals surface area contributed by atoms with Gasteiger partial charge in [-0.15, -0.1) is 0 Å². The topological polar surface area (TPSA) is 68.4 Å². The van der Waals surface area contributed by atoms with Gasteiger partial charge < -0.3 is 19.9 Å². The van der Waals surface area contributed by atoms with Crippen LogP contribution in [0, 0.1) is 5.82 Å². The zero-order valence-electron chi connectivity index (χ0n) is 24.8. The van der Waals surface area contributed by atoms with Gasteiger partial charge in [-0.1, -0.05) is 18.5 Å². The van der Waals surface area contributed by atoms with Gasteiger partial charge in [-0.2, -0.15) is 0 Å². The average Bonchev–Trinajstić information content (AvgIpc) is 3.25. The van der Waals surface area contributed by atoms with Crippen molar-refractivity contribution in [2.75, 3.05) is 61.0 Å². The van der Waals surface area contributed by atoms with Crippen molar-refractivity contribution < 1.29 is 18.7 Å². The number of hydrogen-bond acceptors (Lipinski definition) is 6. The number of amides is 2. The Hall–Kier alpha value is -3.73. The van der Waals surface area contributed by atoms with Crippen LogP contribution in [-0.2, 0) is 9.59 Å². The van der Waals surface area contributed by atoms with E-state index < -0.39 is 6.04 Å². The summed E-state index contributed by atoms with van der Waals surface area (Å²) < 4.78 is 18.9. The number of ether oxygens (including phenoxy) is 1. The van der Waals surface area contributed by atoms with E-state index in [1.54, 1.807) is 36.4 Å². The highest BCUT2D eigenvalue weighted by Gasteiger charge is 2.44. The Morgan fingerprint density at radius 2 is 1.61 bits per heavy atom. The third-order valence-corrected chi connectivity index (χ3v) is 8.50. The molecule has 2 aliphatic heterocycles. The van der Waals surface area contributed by atoms with Crippen LogP contribution in [0.1, 0.15) is 26.2 Å². The van der Waals surface area contributed by atoms with Gasteiger partial charge in [0.15, 0.2) is 5.11 Å². The van der Waals surface area contributed by atoms with Crippen molar-refractivity contribution >= 4 is 57.8 Å². The van der Waals surface area contributed by atoms with Gasteiger partial charge in [0.05, 0.1) is 18.7 Å². The lowest BCUT2D eigenvalue weighted by Gasteiger charge is -2.36. The maximum atomic E-state index is 13.7. The third-order valence-electron chi connectivity index (χ3n) is 7.83. The van der Waals surface area contributed by atoms with Crippen molar-refractivity contribution in [3.05, 3.63) is 83.6 Å². The molecule has 3 aromatic carbocycles. The summed E-state index contributed by atoms with van der Waals surface area (Å²) in [6.07, 6.45) is 1.65. The van der Waals surface area contributed by atoms with E-state index >= 15 is 0 Å². The van der Waals surface area contributed by atoms with Crippen LogP contribution in [0.2, 0.25) is 5.02 Å². The number of anilines is 3. The zero-order chi connectivity index (χ0) is 31.1. The second kappa shape index (κ2) is 14.8. The summed E-state index contributed by atoms with van der Waals surface area (Å²) in [7, 11) is 0. The fraction of sp³-hybridized carbons (Fsp3) is 0.364. The van der Waals surface area contributed by atoms with Crippen LogP contribution in [0.4, 0.5) is 21.5 Å². The van der Waals surface area contributed by atoms with E-state index in [9.17, 15) is 14.0 Å². The second-order valence-corrected chi connectivity index (χ2v) is 11.7. The van der Waals surface area contributed by atoms with Crippen LogP contribution in [0.5, 0.6) is 5.75 Å². The SMILES string of the molecule is CCCOc1ccc(NC(=O)C[C@@H]2C(=O)N(c3ccc(Cl)cc3)C(=S)N2CCCN2CCN(c3ccc(F)cc3)CC2)cc1. The lowest BCUT2D eigenvalue weighted by molar-refractivity contribution is -0.124. The lowest BCUT2D eigenvalue weighted by atomic mass is 10.1. The van der Waals surface area contributed by atoms with Crippen LogP contribution in [0.15, 0.2) is 72.8 Å². The van der Waals surface area contributed by atoms with Crippen molar-refractivity contribution in [3.63, 3.8) is 0 Å². The second-order valence-electron chi connectivity index (χ2n) is 10.9. The molecule has 0 spiro atoms. The third kappa shape index (κ3) is 7.85. The van der Waals surface area contributed by atoms with E-state index in [1.807, 2.05) is 36.1 Å². The molecule has 1 N–H and O–H groups in total. The number of piperazine rings is 1. The molecule has 2 saturated heterocycles. The summed E-state index contributed by atoms with van der Waals surface area (Å²) in [6, 6.07) is 20.1. The molecule has 232 valence electrons. The number of rotatable bonds is 12. The monoisotopic (exact) mass is 637 g/mol. The zero-order valence-corrected chi connectivity index (χ0v) is 26.3. The molecule has 2 aliphatic rings. The first kappa shape index (κ1) is 31.7. The van der Waals surface area contributed by atoms with E-state index in [4.69, 9.17) is 28.6 Å². The molecular formula is C33H37ClFN5O3S. The number of halogens is 2. The molecular weight excluding hydrogens is 601 g/mol. The minimum atomic E-state index is -0.722. The highest BCUT2D eigenvalue weighted by Crippen LogP contribution is 2.29. The number of carbonyl (C=O) groups excluding carboxylic acids is 2. The average molecular weight is 638 g/mol. The molecule has 0 radical (unpaired) electrons. The first-order chi connectivity index (χ1) is 21.3. The molecule has 2 fully saturated rings. The molecule has 1 atom stereocenters. The van der Waals surface area contributed by atoms with Crippen LogP contribution < -0.4 is 19.9 Å². The van der Waals surface area contributed by atoms with Gasteiger partial charge >= 0.3 is 0 Å². The van der Waals surface area contributed by atoms with Crippen molar-refractivity contribution in [2.45, 2.75) is 32.2 Å². The fourth-order valence-electron chi connectivity index (χ4n) is 5.50. The smallest absolute Gasteiger partial charge is 0.256 e. The number of carbonyl (C=O) groups is 2. The largest absolute Gasteiger partial charge is 0.494 e. The van der Waals surface area contributed by atoms with Crippen LogP contribution in [0.25, 0.3) is 0 Å². The molecule has 44 heavy (non-hydrogen) atoms. The van der Waals surface area contributed by atoms with E-state index in [-0.39, 0.29) is 24.1 Å². The van der Waals surface area contributed by atoms with Gasteiger partial charge in [0.2, 0.25) is 5.91 Å². The van der Waals surface area contributed by atoms with Gasteiger partial charge in [-0.3, -0.25) is 19.4 Å². The molecule has 0 aliphatic carbocycles. The summed E-state index contributed by atoms with van der Waals surface area (Å²) in [4.78, 5) is 34.9. The number of nitrogens with zero attached hydrogens (tertiary/aromatic N) is 4. The molecule has 3 aromatic rings. The minimum absolute atomic E-state index is 0.0342. The first-order valence-electron chi connectivity index (χ1n) is 15.0. The number of benzene rings is 3. The van der Waals surface area contributed by atoms with E-state index in [0.29, 0.717) is 34.7 Å². The normalized spacial score (nSPS) is 17.3. The molecule has 5 rings (SSSR count). The maximum absolute atomic E-state index is 13.7. The lowest BCUT2D eigenvalue weighted by Crippen LogP contribution is -2.47. The van der Waals surface area contributed by atoms with Gasteiger partial charge in [0, 0.05) is 49.1 Å². The number of thiocarbonyl (C=S) groups is 1. The molecule has 0 saturated carbocycles. The first-order valence-corrected chi connectivity index (χ1v) is 15.8. The molecule has 0 aromatic heterocycles. The Balaban J connectivity index is 1.20. The van der Waals surface area contributed by atoms with E-state index in [2.05, 4.69) is 15.1 Å². The van der Waals surface area contributed by atoms with Gasteiger partial charge in [-0.05, 0) is 104 Å². The Morgan fingerprint density at radius 3 is 2.27 bits per heavy atom. The summed E-state index contributed by atoms with van der Waals surface area (Å²) in [6.45, 7) is 7.50. The predicted octanol–water partition coefficient (Wildman–Crippen LogP) is 5.81. The van der Waals surface area contributed by atoms with Gasteiger partial charge in [-0.25, -0.2) is 4.39 Å². The van der Waals surface area contributed by atoms with Crippen molar-refractivity contribution in [1.82, 2.24) is 9.80 Å². The number of nitrogens with one attached hydrogen (secondary N) is 1. The molecule has 0 bridgehead atoms.